The average Bonchev–Trinajstić information content (AvgIpc) is 3.09. The molecular weight excluding hydrogens is 376 g/mol. The largest absolute Gasteiger partial charge is 0.500 e. The summed E-state index contributed by atoms with van der Waals surface area (Å²) in [6, 6.07) is 3.81. The molecule has 0 aliphatic carbocycles. The van der Waals surface area contributed by atoms with E-state index in [-0.39, 0.29) is 5.69 Å². The van der Waals surface area contributed by atoms with Gasteiger partial charge in [0, 0.05) is 38.5 Å². The number of nitro benzene ring substituents is 1. The third-order valence-corrected chi connectivity index (χ3v) is 7.34. The fourth-order valence-electron chi connectivity index (χ4n) is 2.67. The smallest absolute Gasteiger partial charge is 0.383 e. The molecule has 26 heavy (non-hydrogen) atoms. The Morgan fingerprint density at radius 1 is 1.12 bits per heavy atom. The predicted octanol–water partition coefficient (Wildman–Crippen LogP) is 3.45. The molecule has 0 saturated heterocycles. The van der Waals surface area contributed by atoms with E-state index in [1.165, 1.54) is 6.07 Å². The fraction of sp³-hybridized carbons (Fsp3) is 0.600. The molecule has 1 N–H and O–H groups in total. The molecule has 0 atom stereocenters. The summed E-state index contributed by atoms with van der Waals surface area (Å²) in [5.41, 5.74) is 1.53. The molecule has 0 saturated carbocycles. The van der Waals surface area contributed by atoms with Gasteiger partial charge in [-0.15, -0.1) is 0 Å². The second kappa shape index (κ2) is 9.88. The van der Waals surface area contributed by atoms with Gasteiger partial charge in [0.2, 0.25) is 0 Å². The maximum absolute atomic E-state index is 11.1. The number of non-ortho nitro benzene ring substituents is 1. The number of nitrogens with one attached hydrogen (secondary N) is 1. The lowest BCUT2D eigenvalue weighted by atomic mass is 10.2. The summed E-state index contributed by atoms with van der Waals surface area (Å²) in [5, 5.41) is 14.3. The number of benzene rings is 1. The lowest BCUT2D eigenvalue weighted by Gasteiger charge is -2.28. The van der Waals surface area contributed by atoms with Crippen molar-refractivity contribution >= 4 is 42.9 Å². The van der Waals surface area contributed by atoms with Crippen LogP contribution in [0, 0.1) is 10.1 Å². The lowest BCUT2D eigenvalue weighted by Crippen LogP contribution is -2.46. The van der Waals surface area contributed by atoms with Crippen LogP contribution in [0.3, 0.4) is 0 Å². The first-order chi connectivity index (χ1) is 12.6. The van der Waals surface area contributed by atoms with Crippen molar-refractivity contribution in [1.82, 2.24) is 8.75 Å². The molecule has 0 bridgehead atoms. The minimum absolute atomic E-state index is 0.0326. The molecule has 9 nitrogen and oxygen atoms in total. The van der Waals surface area contributed by atoms with Crippen LogP contribution in [0.1, 0.15) is 27.2 Å². The van der Waals surface area contributed by atoms with E-state index in [0.29, 0.717) is 43.4 Å². The van der Waals surface area contributed by atoms with Gasteiger partial charge in [-0.1, -0.05) is 0 Å². The van der Waals surface area contributed by atoms with Crippen LogP contribution in [0.5, 0.6) is 0 Å². The first-order valence-corrected chi connectivity index (χ1v) is 11.3. The molecular formula is C15H24N4O5SSi. The lowest BCUT2D eigenvalue weighted by molar-refractivity contribution is -0.383. The zero-order chi connectivity index (χ0) is 19.0. The highest BCUT2D eigenvalue weighted by molar-refractivity contribution is 7.00. The molecule has 0 fully saturated rings. The van der Waals surface area contributed by atoms with Gasteiger partial charge in [0.1, 0.15) is 5.52 Å². The van der Waals surface area contributed by atoms with Crippen molar-refractivity contribution in [3.8, 4) is 0 Å². The Balaban J connectivity index is 2.01. The van der Waals surface area contributed by atoms with Crippen molar-refractivity contribution in [2.45, 2.75) is 33.2 Å². The van der Waals surface area contributed by atoms with Gasteiger partial charge in [0.05, 0.1) is 22.3 Å². The number of aromatic nitrogens is 2. The summed E-state index contributed by atoms with van der Waals surface area (Å²) in [6.07, 6.45) is 0.780. The van der Waals surface area contributed by atoms with Gasteiger partial charge in [-0.25, -0.2) is 0 Å². The van der Waals surface area contributed by atoms with Crippen LogP contribution in [0.2, 0.25) is 6.04 Å². The van der Waals surface area contributed by atoms with E-state index in [0.717, 1.165) is 23.8 Å². The van der Waals surface area contributed by atoms with Gasteiger partial charge in [0.25, 0.3) is 5.69 Å². The average molecular weight is 401 g/mol. The summed E-state index contributed by atoms with van der Waals surface area (Å²) in [5.74, 6) is 0. The summed E-state index contributed by atoms with van der Waals surface area (Å²) >= 11 is 0.964. The Morgan fingerprint density at radius 3 is 2.31 bits per heavy atom. The van der Waals surface area contributed by atoms with Crippen LogP contribution in [-0.2, 0) is 13.3 Å². The number of hydrogen-bond acceptors (Lipinski definition) is 9. The van der Waals surface area contributed by atoms with E-state index in [1.54, 1.807) is 6.07 Å². The number of fused-ring (bicyclic) bond motifs is 1. The maximum atomic E-state index is 11.1. The molecule has 2 rings (SSSR count). The second-order valence-corrected chi connectivity index (χ2v) is 8.62. The van der Waals surface area contributed by atoms with Crippen molar-refractivity contribution in [2.24, 2.45) is 0 Å². The third kappa shape index (κ3) is 4.95. The normalized spacial score (nSPS) is 11.8. The standard InChI is InChI=1S/C15H24N4O5SSi/c1-4-22-26(23-5-2,24-6-3)11-7-10-16-12-8-9-13(19(20)21)15-14(12)17-25-18-15/h8-9,16H,4-7,10-11H2,1-3H3. The van der Waals surface area contributed by atoms with Crippen molar-refractivity contribution in [1.29, 1.82) is 0 Å². The molecule has 0 spiro atoms. The number of nitrogens with zero attached hydrogens (tertiary/aromatic N) is 3. The van der Waals surface area contributed by atoms with Crippen LogP contribution in [0.25, 0.3) is 11.0 Å². The zero-order valence-corrected chi connectivity index (χ0v) is 17.0. The van der Waals surface area contributed by atoms with Crippen LogP contribution in [0.15, 0.2) is 12.1 Å². The van der Waals surface area contributed by atoms with Gasteiger partial charge in [-0.3, -0.25) is 10.1 Å². The molecule has 0 amide bonds. The number of hydrogen-bond donors (Lipinski definition) is 1. The fourth-order valence-corrected chi connectivity index (χ4v) is 5.85. The van der Waals surface area contributed by atoms with Gasteiger partial charge in [-0.2, -0.15) is 8.75 Å². The van der Waals surface area contributed by atoms with E-state index in [2.05, 4.69) is 14.1 Å². The Kier molecular flexibility index (Phi) is 7.84. The molecule has 1 aromatic carbocycles. The molecule has 1 aromatic heterocycles. The quantitative estimate of drug-likeness (QED) is 0.250. The summed E-state index contributed by atoms with van der Waals surface area (Å²) < 4.78 is 25.7. The molecule has 1 heterocycles. The third-order valence-electron chi connectivity index (χ3n) is 3.66. The van der Waals surface area contributed by atoms with Gasteiger partial charge in [0.15, 0.2) is 5.52 Å². The summed E-state index contributed by atoms with van der Waals surface area (Å²) in [6.45, 7) is 8.09. The Hall–Kier alpha value is -1.66. The Bertz CT molecular complexity index is 712. The number of rotatable bonds is 12. The van der Waals surface area contributed by atoms with Crippen LogP contribution < -0.4 is 5.32 Å². The van der Waals surface area contributed by atoms with E-state index < -0.39 is 13.7 Å². The second-order valence-electron chi connectivity index (χ2n) is 5.36. The first-order valence-electron chi connectivity index (χ1n) is 8.62. The minimum Gasteiger partial charge on any atom is -0.383 e. The molecule has 0 radical (unpaired) electrons. The molecule has 0 aliphatic rings. The van der Waals surface area contributed by atoms with Crippen molar-refractivity contribution < 1.29 is 18.2 Å². The Morgan fingerprint density at radius 2 is 1.73 bits per heavy atom. The van der Waals surface area contributed by atoms with Crippen LogP contribution >= 0.6 is 11.7 Å². The van der Waals surface area contributed by atoms with E-state index in [4.69, 9.17) is 13.3 Å². The topological polar surface area (TPSA) is 109 Å². The monoisotopic (exact) mass is 400 g/mol. The number of anilines is 1. The molecule has 11 heteroatoms. The predicted molar refractivity (Wildman–Crippen MR) is 103 cm³/mol. The number of nitro groups is 1. The van der Waals surface area contributed by atoms with E-state index in [1.807, 2.05) is 20.8 Å². The SMILES string of the molecule is CCO[Si](CCCNc1ccc([N+](=O)[O-])c2nsnc12)(OCC)OCC. The first kappa shape index (κ1) is 20.6. The molecule has 2 aromatic rings. The van der Waals surface area contributed by atoms with Crippen LogP contribution in [-0.4, -0.2) is 48.8 Å². The minimum atomic E-state index is -2.65. The van der Waals surface area contributed by atoms with Crippen molar-refractivity contribution in [3.05, 3.63) is 22.2 Å². The van der Waals surface area contributed by atoms with E-state index in [9.17, 15) is 10.1 Å². The highest BCUT2D eigenvalue weighted by Gasteiger charge is 2.39. The molecule has 0 aliphatic heterocycles. The highest BCUT2D eigenvalue weighted by Crippen LogP contribution is 2.30. The van der Waals surface area contributed by atoms with E-state index >= 15 is 0 Å². The van der Waals surface area contributed by atoms with Gasteiger partial charge < -0.3 is 18.6 Å². The van der Waals surface area contributed by atoms with Crippen molar-refractivity contribution in [2.75, 3.05) is 31.7 Å². The van der Waals surface area contributed by atoms with Crippen LogP contribution in [0.4, 0.5) is 11.4 Å². The summed E-state index contributed by atoms with van der Waals surface area (Å²) in [7, 11) is -2.65. The Labute approximate surface area is 157 Å². The van der Waals surface area contributed by atoms with Crippen molar-refractivity contribution in [3.63, 3.8) is 0 Å². The zero-order valence-electron chi connectivity index (χ0n) is 15.2. The molecule has 144 valence electrons. The maximum Gasteiger partial charge on any atom is 0.500 e. The highest BCUT2D eigenvalue weighted by atomic mass is 32.1. The molecule has 0 unspecified atom stereocenters. The van der Waals surface area contributed by atoms with Gasteiger partial charge >= 0.3 is 8.80 Å². The van der Waals surface area contributed by atoms with Gasteiger partial charge in [-0.05, 0) is 33.3 Å². The summed E-state index contributed by atoms with van der Waals surface area (Å²) in [4.78, 5) is 10.6.